The lowest BCUT2D eigenvalue weighted by Crippen LogP contribution is -2.30. The first-order valence-corrected chi connectivity index (χ1v) is 9.66. The van der Waals surface area contributed by atoms with Crippen molar-refractivity contribution in [3.63, 3.8) is 0 Å². The molecule has 0 radical (unpaired) electrons. The zero-order valence-corrected chi connectivity index (χ0v) is 16.2. The van der Waals surface area contributed by atoms with Gasteiger partial charge >= 0.3 is 5.97 Å². The molecule has 0 bridgehead atoms. The quantitative estimate of drug-likeness (QED) is 0.508. The lowest BCUT2D eigenvalue weighted by molar-refractivity contribution is -0.123. The van der Waals surface area contributed by atoms with E-state index in [1.165, 1.54) is 30.8 Å². The summed E-state index contributed by atoms with van der Waals surface area (Å²) in [5, 5.41) is 3.85. The number of fused-ring (bicyclic) bond motifs is 3. The van der Waals surface area contributed by atoms with E-state index in [4.69, 9.17) is 16.3 Å². The molecule has 2 heterocycles. The Hall–Kier alpha value is -2.86. The molecule has 1 aromatic carbocycles. The molecule has 4 rings (SSSR count). The fourth-order valence-corrected chi connectivity index (χ4v) is 3.70. The number of aromatic amines is 1. The van der Waals surface area contributed by atoms with E-state index in [1.807, 2.05) is 12.1 Å². The van der Waals surface area contributed by atoms with E-state index in [9.17, 15) is 9.59 Å². The molecule has 6 nitrogen and oxygen atoms in total. The third kappa shape index (κ3) is 3.60. The topological polar surface area (TPSA) is 84.1 Å². The van der Waals surface area contributed by atoms with E-state index in [0.717, 1.165) is 30.2 Å². The third-order valence-electron chi connectivity index (χ3n) is 5.00. The molecule has 0 spiro atoms. The van der Waals surface area contributed by atoms with E-state index in [-0.39, 0.29) is 5.15 Å². The van der Waals surface area contributed by atoms with E-state index >= 15 is 0 Å². The van der Waals surface area contributed by atoms with Crippen LogP contribution in [0.5, 0.6) is 0 Å². The molecular weight excluding hydrogens is 378 g/mol. The molecule has 144 valence electrons. The SMILES string of the molecule is C[C@H](OC(=O)c1ccc2[nH]c3c(c2c1)CCCC3)C(=O)Nc1cccnc1Cl. The van der Waals surface area contributed by atoms with Crippen molar-refractivity contribution in [2.24, 2.45) is 0 Å². The minimum Gasteiger partial charge on any atom is -0.449 e. The second-order valence-electron chi connectivity index (χ2n) is 6.93. The molecule has 3 aromatic rings. The third-order valence-corrected chi connectivity index (χ3v) is 5.30. The van der Waals surface area contributed by atoms with Crippen molar-refractivity contribution in [3.8, 4) is 0 Å². The standard InChI is InChI=1S/C21H20ClN3O3/c1-12(20(26)25-18-7-4-10-23-19(18)22)28-21(27)13-8-9-17-15(11-13)14-5-2-3-6-16(14)24-17/h4,7-12,24H,2-3,5-6H2,1H3,(H,25,26)/t12-/m0/s1. The number of hydrogen-bond acceptors (Lipinski definition) is 4. The lowest BCUT2D eigenvalue weighted by atomic mass is 9.95. The fourth-order valence-electron chi connectivity index (χ4n) is 3.53. The maximum absolute atomic E-state index is 12.6. The highest BCUT2D eigenvalue weighted by Crippen LogP contribution is 2.30. The summed E-state index contributed by atoms with van der Waals surface area (Å²) < 4.78 is 5.36. The van der Waals surface area contributed by atoms with Crippen LogP contribution in [0.3, 0.4) is 0 Å². The Bertz CT molecular complexity index is 1060. The van der Waals surface area contributed by atoms with Gasteiger partial charge in [0, 0.05) is 22.8 Å². The van der Waals surface area contributed by atoms with Crippen molar-refractivity contribution in [2.75, 3.05) is 5.32 Å². The van der Waals surface area contributed by atoms with Crippen molar-refractivity contribution in [2.45, 2.75) is 38.7 Å². The number of nitrogens with zero attached hydrogens (tertiary/aromatic N) is 1. The van der Waals surface area contributed by atoms with Gasteiger partial charge in [-0.15, -0.1) is 0 Å². The van der Waals surface area contributed by atoms with Crippen molar-refractivity contribution in [1.29, 1.82) is 0 Å². The van der Waals surface area contributed by atoms with Crippen LogP contribution < -0.4 is 5.32 Å². The summed E-state index contributed by atoms with van der Waals surface area (Å²) in [5.41, 5.74) is 4.37. The summed E-state index contributed by atoms with van der Waals surface area (Å²) in [4.78, 5) is 32.2. The molecule has 1 aliphatic rings. The number of amides is 1. The highest BCUT2D eigenvalue weighted by Gasteiger charge is 2.21. The minimum atomic E-state index is -0.973. The van der Waals surface area contributed by atoms with E-state index in [0.29, 0.717) is 11.3 Å². The van der Waals surface area contributed by atoms with Crippen LogP contribution in [0.4, 0.5) is 5.69 Å². The van der Waals surface area contributed by atoms with Crippen LogP contribution in [-0.4, -0.2) is 27.9 Å². The summed E-state index contributed by atoms with van der Waals surface area (Å²) >= 11 is 5.94. The van der Waals surface area contributed by atoms with Crippen LogP contribution >= 0.6 is 11.6 Å². The number of nitrogens with one attached hydrogen (secondary N) is 2. The summed E-state index contributed by atoms with van der Waals surface area (Å²) in [5.74, 6) is -1.00. The van der Waals surface area contributed by atoms with Crippen LogP contribution in [0.1, 0.15) is 41.4 Å². The Morgan fingerprint density at radius 1 is 1.25 bits per heavy atom. The highest BCUT2D eigenvalue weighted by molar-refractivity contribution is 6.32. The number of halogens is 1. The first-order chi connectivity index (χ1) is 13.5. The number of ether oxygens (including phenoxy) is 1. The Morgan fingerprint density at radius 3 is 2.89 bits per heavy atom. The fraction of sp³-hybridized carbons (Fsp3) is 0.286. The van der Waals surface area contributed by atoms with Gasteiger partial charge in [0.25, 0.3) is 5.91 Å². The number of carbonyl (C=O) groups excluding carboxylic acids is 2. The highest BCUT2D eigenvalue weighted by atomic mass is 35.5. The molecule has 0 saturated carbocycles. The van der Waals surface area contributed by atoms with Gasteiger partial charge in [0.15, 0.2) is 11.3 Å². The second kappa shape index (κ2) is 7.64. The zero-order chi connectivity index (χ0) is 19.7. The molecule has 28 heavy (non-hydrogen) atoms. The lowest BCUT2D eigenvalue weighted by Gasteiger charge is -2.14. The predicted octanol–water partition coefficient (Wildman–Crippen LogP) is 4.28. The number of hydrogen-bond donors (Lipinski definition) is 2. The molecule has 1 amide bonds. The van der Waals surface area contributed by atoms with Gasteiger partial charge in [0.1, 0.15) is 0 Å². The van der Waals surface area contributed by atoms with Gasteiger partial charge in [-0.1, -0.05) is 11.6 Å². The van der Waals surface area contributed by atoms with Crippen LogP contribution in [0.25, 0.3) is 10.9 Å². The van der Waals surface area contributed by atoms with E-state index in [2.05, 4.69) is 15.3 Å². The number of aromatic nitrogens is 2. The number of pyridine rings is 1. The van der Waals surface area contributed by atoms with Gasteiger partial charge in [-0.05, 0) is 68.5 Å². The molecule has 0 fully saturated rings. The van der Waals surface area contributed by atoms with Crippen LogP contribution in [0, 0.1) is 0 Å². The number of esters is 1. The maximum Gasteiger partial charge on any atom is 0.338 e. The molecule has 2 aromatic heterocycles. The second-order valence-corrected chi connectivity index (χ2v) is 7.29. The largest absolute Gasteiger partial charge is 0.449 e. The van der Waals surface area contributed by atoms with Gasteiger partial charge in [0.2, 0.25) is 0 Å². The molecular formula is C21H20ClN3O3. The number of H-pyrrole nitrogens is 1. The summed E-state index contributed by atoms with van der Waals surface area (Å²) in [7, 11) is 0. The van der Waals surface area contributed by atoms with E-state index in [1.54, 1.807) is 18.2 Å². The Kier molecular flexibility index (Phi) is 5.05. The number of rotatable bonds is 4. The normalized spacial score (nSPS) is 14.4. The minimum absolute atomic E-state index is 0.178. The first kappa shape index (κ1) is 18.5. The Morgan fingerprint density at radius 2 is 2.07 bits per heavy atom. The monoisotopic (exact) mass is 397 g/mol. The van der Waals surface area contributed by atoms with Gasteiger partial charge in [-0.3, -0.25) is 4.79 Å². The van der Waals surface area contributed by atoms with Crippen LogP contribution in [-0.2, 0) is 22.4 Å². The molecule has 1 atom stereocenters. The summed E-state index contributed by atoms with van der Waals surface area (Å²) in [6, 6.07) is 8.75. The average Bonchev–Trinajstić information content (AvgIpc) is 3.07. The van der Waals surface area contributed by atoms with Crippen molar-refractivity contribution >= 4 is 40.1 Å². The van der Waals surface area contributed by atoms with E-state index < -0.39 is 18.0 Å². The van der Waals surface area contributed by atoms with Crippen molar-refractivity contribution in [1.82, 2.24) is 9.97 Å². The molecule has 2 N–H and O–H groups in total. The number of anilines is 1. The van der Waals surface area contributed by atoms with Crippen LogP contribution in [0.15, 0.2) is 36.5 Å². The predicted molar refractivity (Wildman–Crippen MR) is 108 cm³/mol. The van der Waals surface area contributed by atoms with Crippen molar-refractivity contribution < 1.29 is 14.3 Å². The van der Waals surface area contributed by atoms with Gasteiger partial charge in [0.05, 0.1) is 11.3 Å². The summed E-state index contributed by atoms with van der Waals surface area (Å²) in [6.07, 6.45) is 4.94. The average molecular weight is 398 g/mol. The van der Waals surface area contributed by atoms with Gasteiger partial charge < -0.3 is 15.0 Å². The zero-order valence-electron chi connectivity index (χ0n) is 15.4. The number of aryl methyl sites for hydroxylation is 2. The summed E-state index contributed by atoms with van der Waals surface area (Å²) in [6.45, 7) is 1.52. The van der Waals surface area contributed by atoms with Gasteiger partial charge in [-0.25, -0.2) is 9.78 Å². The maximum atomic E-state index is 12.6. The van der Waals surface area contributed by atoms with Gasteiger partial charge in [-0.2, -0.15) is 0 Å². The Balaban J connectivity index is 1.48. The Labute approximate surface area is 167 Å². The number of carbonyl (C=O) groups is 2. The molecule has 0 saturated heterocycles. The molecule has 0 unspecified atom stereocenters. The van der Waals surface area contributed by atoms with Crippen molar-refractivity contribution in [3.05, 3.63) is 58.5 Å². The first-order valence-electron chi connectivity index (χ1n) is 9.29. The molecule has 7 heteroatoms. The molecule has 1 aliphatic carbocycles. The molecule has 0 aliphatic heterocycles. The van der Waals surface area contributed by atoms with Crippen LogP contribution in [0.2, 0.25) is 5.15 Å². The number of benzene rings is 1. The smallest absolute Gasteiger partial charge is 0.338 e.